The normalized spacial score (nSPS) is 11.5. The van der Waals surface area contributed by atoms with Crippen molar-refractivity contribution >= 4 is 52.9 Å². The number of esters is 1. The van der Waals surface area contributed by atoms with Gasteiger partial charge in [0.2, 0.25) is 5.91 Å². The van der Waals surface area contributed by atoms with Gasteiger partial charge in [0.15, 0.2) is 0 Å². The van der Waals surface area contributed by atoms with Crippen molar-refractivity contribution in [2.24, 2.45) is 0 Å². The van der Waals surface area contributed by atoms with E-state index in [0.29, 0.717) is 28.3 Å². The lowest BCUT2D eigenvalue weighted by atomic mass is 10.1. The van der Waals surface area contributed by atoms with E-state index in [9.17, 15) is 19.2 Å². The van der Waals surface area contributed by atoms with Crippen LogP contribution in [0.1, 0.15) is 37.1 Å². The average molecular weight is 672 g/mol. The molecule has 0 aliphatic rings. The van der Waals surface area contributed by atoms with Gasteiger partial charge in [-0.05, 0) is 66.2 Å². The summed E-state index contributed by atoms with van der Waals surface area (Å²) in [5.74, 6) is -1.33. The summed E-state index contributed by atoms with van der Waals surface area (Å²) >= 11 is 1.31. The van der Waals surface area contributed by atoms with E-state index in [2.05, 4.69) is 16.0 Å². The maximum atomic E-state index is 13.7. The molecule has 5 aromatic rings. The summed E-state index contributed by atoms with van der Waals surface area (Å²) in [7, 11) is 2.82. The highest BCUT2D eigenvalue weighted by molar-refractivity contribution is 8.00. The van der Waals surface area contributed by atoms with Crippen LogP contribution in [-0.4, -0.2) is 37.9 Å². The molecule has 0 heterocycles. The number of carbonyl (C=O) groups is 4. The number of thioether (sulfide) groups is 1. The molecule has 0 aliphatic carbocycles. The monoisotopic (exact) mass is 671 g/mol. The molecule has 0 aromatic heterocycles. The maximum absolute atomic E-state index is 13.7. The maximum Gasteiger partial charge on any atom is 0.339 e. The fourth-order valence-electron chi connectivity index (χ4n) is 4.81. The third-order valence-electron chi connectivity index (χ3n) is 7.26. The minimum absolute atomic E-state index is 0.0184. The number of nitrogens with one attached hydrogen (secondary N) is 3. The van der Waals surface area contributed by atoms with Crippen molar-refractivity contribution < 1.29 is 28.7 Å². The fourth-order valence-corrected chi connectivity index (χ4v) is 5.84. The third-order valence-corrected chi connectivity index (χ3v) is 8.53. The first kappa shape index (κ1) is 34.2. The first-order valence-corrected chi connectivity index (χ1v) is 16.1. The van der Waals surface area contributed by atoms with Crippen molar-refractivity contribution in [1.29, 1.82) is 0 Å². The minimum atomic E-state index is -0.670. The topological polar surface area (TPSA) is 123 Å². The van der Waals surface area contributed by atoms with Gasteiger partial charge in [0.1, 0.15) is 16.7 Å². The van der Waals surface area contributed by atoms with Crippen LogP contribution in [0.5, 0.6) is 5.75 Å². The Hall–Kier alpha value is -6.13. The number of anilines is 2. The smallest absolute Gasteiger partial charge is 0.339 e. The Balaban J connectivity index is 1.35. The summed E-state index contributed by atoms with van der Waals surface area (Å²) in [6.07, 6.45) is 1.56. The number of amides is 3. The summed E-state index contributed by atoms with van der Waals surface area (Å²) in [5, 5.41) is 7.80. The molecule has 5 aromatic carbocycles. The van der Waals surface area contributed by atoms with E-state index in [4.69, 9.17) is 9.47 Å². The molecule has 0 saturated carbocycles. The second kappa shape index (κ2) is 16.6. The molecule has 9 nitrogen and oxygen atoms in total. The summed E-state index contributed by atoms with van der Waals surface area (Å²) in [6, 6.07) is 38.7. The first-order valence-electron chi connectivity index (χ1n) is 15.2. The van der Waals surface area contributed by atoms with Crippen LogP contribution in [0.15, 0.2) is 144 Å². The quantitative estimate of drug-likeness (QED) is 0.0720. The standard InChI is InChI=1S/C39H33N3O6S/c1-47-34-20-12-9-17-28(34)25-33(42-36(43)27-15-7-4-8-16-27)37(44)40-29-21-23-30(24-22-29)49-35(26-13-5-3-6-14-26)38(45)41-32-19-11-10-18-31(32)39(46)48-2/h3-25,35H,1-2H3,(H,40,44)(H,41,45)(H,42,43)/b33-25-. The van der Waals surface area contributed by atoms with Gasteiger partial charge in [-0.3, -0.25) is 14.4 Å². The van der Waals surface area contributed by atoms with Crippen LogP contribution in [0, 0.1) is 0 Å². The number of benzene rings is 5. The van der Waals surface area contributed by atoms with E-state index < -0.39 is 23.0 Å². The number of rotatable bonds is 12. The number of hydrogen-bond acceptors (Lipinski definition) is 7. The molecule has 0 aliphatic heterocycles. The highest BCUT2D eigenvalue weighted by atomic mass is 32.2. The van der Waals surface area contributed by atoms with Crippen LogP contribution in [0.3, 0.4) is 0 Å². The van der Waals surface area contributed by atoms with Crippen molar-refractivity contribution in [2.75, 3.05) is 24.9 Å². The van der Waals surface area contributed by atoms with E-state index >= 15 is 0 Å². The van der Waals surface area contributed by atoms with Crippen LogP contribution >= 0.6 is 11.8 Å². The van der Waals surface area contributed by atoms with Crippen molar-refractivity contribution in [3.8, 4) is 5.75 Å². The number of hydrogen-bond donors (Lipinski definition) is 3. The molecule has 10 heteroatoms. The number of ether oxygens (including phenoxy) is 2. The summed E-state index contributed by atoms with van der Waals surface area (Å²) in [6.45, 7) is 0. The van der Waals surface area contributed by atoms with Gasteiger partial charge < -0.3 is 25.4 Å². The minimum Gasteiger partial charge on any atom is -0.496 e. The van der Waals surface area contributed by atoms with Crippen LogP contribution < -0.4 is 20.7 Å². The molecule has 1 unspecified atom stereocenters. The van der Waals surface area contributed by atoms with E-state index in [-0.39, 0.29) is 17.2 Å². The highest BCUT2D eigenvalue weighted by Gasteiger charge is 2.24. The zero-order valence-electron chi connectivity index (χ0n) is 26.7. The van der Waals surface area contributed by atoms with Crippen molar-refractivity contribution in [2.45, 2.75) is 10.1 Å². The SMILES string of the molecule is COC(=O)c1ccccc1NC(=O)C(Sc1ccc(NC(=O)/C(=C/c2ccccc2OC)NC(=O)c2ccccc2)cc1)c1ccccc1. The molecule has 0 bridgehead atoms. The predicted molar refractivity (Wildman–Crippen MR) is 191 cm³/mol. The molecule has 0 spiro atoms. The van der Waals surface area contributed by atoms with Crippen LogP contribution in [-0.2, 0) is 14.3 Å². The lowest BCUT2D eigenvalue weighted by Gasteiger charge is -2.18. The number of methoxy groups -OCH3 is 2. The highest BCUT2D eigenvalue weighted by Crippen LogP contribution is 2.37. The summed E-state index contributed by atoms with van der Waals surface area (Å²) in [5.41, 5.74) is 2.85. The second-order valence-corrected chi connectivity index (χ2v) is 11.7. The zero-order chi connectivity index (χ0) is 34.6. The summed E-state index contributed by atoms with van der Waals surface area (Å²) in [4.78, 5) is 53.3. The van der Waals surface area contributed by atoms with Crippen LogP contribution in [0.4, 0.5) is 11.4 Å². The van der Waals surface area contributed by atoms with Gasteiger partial charge in [0.25, 0.3) is 11.8 Å². The molecular weight excluding hydrogens is 639 g/mol. The van der Waals surface area contributed by atoms with Gasteiger partial charge in [-0.15, -0.1) is 11.8 Å². The summed E-state index contributed by atoms with van der Waals surface area (Å²) < 4.78 is 10.3. The van der Waals surface area contributed by atoms with Crippen LogP contribution in [0.25, 0.3) is 6.08 Å². The van der Waals surface area contributed by atoms with Crippen LogP contribution in [0.2, 0.25) is 0 Å². The Kier molecular flexibility index (Phi) is 11.6. The zero-order valence-corrected chi connectivity index (χ0v) is 27.5. The Morgan fingerprint density at radius 1 is 0.694 bits per heavy atom. The molecule has 49 heavy (non-hydrogen) atoms. The Bertz CT molecular complexity index is 1960. The second-order valence-electron chi connectivity index (χ2n) is 10.5. The molecule has 0 saturated heterocycles. The molecule has 1 atom stereocenters. The van der Waals surface area contributed by atoms with Gasteiger partial charge in [0.05, 0.1) is 25.5 Å². The van der Waals surface area contributed by atoms with Gasteiger partial charge >= 0.3 is 5.97 Å². The molecule has 3 N–H and O–H groups in total. The van der Waals surface area contributed by atoms with E-state index in [1.165, 1.54) is 26.0 Å². The number of para-hydroxylation sites is 2. The van der Waals surface area contributed by atoms with Crippen molar-refractivity contribution in [3.63, 3.8) is 0 Å². The largest absolute Gasteiger partial charge is 0.496 e. The molecule has 0 fully saturated rings. The Labute approximate surface area is 288 Å². The molecule has 5 rings (SSSR count). The lowest BCUT2D eigenvalue weighted by molar-refractivity contribution is -0.116. The van der Waals surface area contributed by atoms with Gasteiger partial charge in [-0.2, -0.15) is 0 Å². The van der Waals surface area contributed by atoms with Gasteiger partial charge in [-0.1, -0.05) is 78.9 Å². The van der Waals surface area contributed by atoms with Crippen molar-refractivity contribution in [1.82, 2.24) is 5.32 Å². The van der Waals surface area contributed by atoms with Gasteiger partial charge in [0, 0.05) is 21.7 Å². The predicted octanol–water partition coefficient (Wildman–Crippen LogP) is 7.36. The molecule has 246 valence electrons. The van der Waals surface area contributed by atoms with E-state index in [1.54, 1.807) is 103 Å². The van der Waals surface area contributed by atoms with Crippen molar-refractivity contribution in [3.05, 3.63) is 161 Å². The third kappa shape index (κ3) is 9.03. The van der Waals surface area contributed by atoms with E-state index in [0.717, 1.165) is 10.5 Å². The number of carbonyl (C=O) groups excluding carboxylic acids is 4. The van der Waals surface area contributed by atoms with E-state index in [1.807, 2.05) is 36.4 Å². The molecular formula is C39H33N3O6S. The first-order chi connectivity index (χ1) is 23.9. The fraction of sp³-hybridized carbons (Fsp3) is 0.0769. The average Bonchev–Trinajstić information content (AvgIpc) is 3.15. The Morgan fingerprint density at radius 2 is 1.33 bits per heavy atom. The lowest BCUT2D eigenvalue weighted by Crippen LogP contribution is -2.30. The molecule has 3 amide bonds. The van der Waals surface area contributed by atoms with Gasteiger partial charge in [-0.25, -0.2) is 4.79 Å². The molecule has 0 radical (unpaired) electrons. The Morgan fingerprint density at radius 3 is 2.02 bits per heavy atom.